The number of hydrogen-bond acceptors (Lipinski definition) is 5. The zero-order valence-electron chi connectivity index (χ0n) is 18.8. The zero-order valence-corrected chi connectivity index (χ0v) is 18.8. The molecular weight excluding hydrogens is 442 g/mol. The van der Waals surface area contributed by atoms with Crippen LogP contribution in [0.1, 0.15) is 27.9 Å². The van der Waals surface area contributed by atoms with Crippen LogP contribution in [0.2, 0.25) is 0 Å². The number of methoxy groups -OCH3 is 2. The molecule has 0 radical (unpaired) electrons. The molecule has 4 rings (SSSR count). The van der Waals surface area contributed by atoms with Gasteiger partial charge in [-0.2, -0.15) is 0 Å². The van der Waals surface area contributed by atoms with Crippen molar-refractivity contribution in [3.8, 4) is 11.5 Å². The summed E-state index contributed by atoms with van der Waals surface area (Å²) in [4.78, 5) is 20.6. The van der Waals surface area contributed by atoms with Crippen LogP contribution in [-0.2, 0) is 11.4 Å². The SMILES string of the molecule is COc1ccc(C(=O)N(Cc2ccccc2F)CC2CC(c3ccccc3F)=NO2)c(OC)c1. The van der Waals surface area contributed by atoms with Crippen LogP contribution >= 0.6 is 0 Å². The van der Waals surface area contributed by atoms with Gasteiger partial charge in [0.05, 0.1) is 32.0 Å². The third-order valence-electron chi connectivity index (χ3n) is 5.59. The molecule has 0 saturated heterocycles. The molecule has 0 N–H and O–H groups in total. The van der Waals surface area contributed by atoms with Gasteiger partial charge >= 0.3 is 0 Å². The van der Waals surface area contributed by atoms with Crippen LogP contribution in [0.5, 0.6) is 11.5 Å². The van der Waals surface area contributed by atoms with E-state index in [1.165, 1.54) is 31.3 Å². The van der Waals surface area contributed by atoms with E-state index in [1.807, 2.05) is 0 Å². The molecule has 0 aliphatic carbocycles. The minimum Gasteiger partial charge on any atom is -0.497 e. The molecule has 6 nitrogen and oxygen atoms in total. The predicted octanol–water partition coefficient (Wildman–Crippen LogP) is 4.82. The Bertz CT molecular complexity index is 1210. The summed E-state index contributed by atoms with van der Waals surface area (Å²) in [6.45, 7) is 0.124. The van der Waals surface area contributed by atoms with Crippen molar-refractivity contribution in [1.29, 1.82) is 0 Å². The molecule has 176 valence electrons. The van der Waals surface area contributed by atoms with Gasteiger partial charge in [0.1, 0.15) is 23.1 Å². The number of carbonyl (C=O) groups is 1. The molecule has 1 aliphatic rings. The topological polar surface area (TPSA) is 60.4 Å². The first kappa shape index (κ1) is 23.2. The number of rotatable bonds is 8. The number of carbonyl (C=O) groups excluding carboxylic acids is 1. The number of hydrogen-bond donors (Lipinski definition) is 0. The fourth-order valence-corrected chi connectivity index (χ4v) is 3.82. The van der Waals surface area contributed by atoms with Crippen molar-refractivity contribution in [2.75, 3.05) is 20.8 Å². The highest BCUT2D eigenvalue weighted by molar-refractivity contribution is 6.01. The summed E-state index contributed by atoms with van der Waals surface area (Å²) in [5, 5.41) is 4.04. The van der Waals surface area contributed by atoms with E-state index in [0.717, 1.165) is 0 Å². The van der Waals surface area contributed by atoms with Gasteiger partial charge in [0, 0.05) is 30.2 Å². The highest BCUT2D eigenvalue weighted by atomic mass is 19.1. The number of nitrogens with zero attached hydrogens (tertiary/aromatic N) is 2. The average Bonchev–Trinajstić information content (AvgIpc) is 3.32. The van der Waals surface area contributed by atoms with Gasteiger partial charge < -0.3 is 19.2 Å². The van der Waals surface area contributed by atoms with Gasteiger partial charge in [-0.3, -0.25) is 4.79 Å². The normalized spacial score (nSPS) is 14.8. The van der Waals surface area contributed by atoms with E-state index in [-0.39, 0.29) is 19.0 Å². The lowest BCUT2D eigenvalue weighted by molar-refractivity contribution is 0.0401. The molecule has 1 heterocycles. The largest absolute Gasteiger partial charge is 0.497 e. The first-order valence-corrected chi connectivity index (χ1v) is 10.7. The summed E-state index contributed by atoms with van der Waals surface area (Å²) in [6.07, 6.45) is -0.212. The Kier molecular flexibility index (Phi) is 7.06. The number of ether oxygens (including phenoxy) is 2. The summed E-state index contributed by atoms with van der Waals surface area (Å²) in [5.41, 5.74) is 1.47. The second kappa shape index (κ2) is 10.3. The van der Waals surface area contributed by atoms with Crippen molar-refractivity contribution in [2.24, 2.45) is 5.16 Å². The first-order chi connectivity index (χ1) is 16.5. The molecule has 0 aromatic heterocycles. The maximum atomic E-state index is 14.4. The Morgan fingerprint density at radius 1 is 1.03 bits per heavy atom. The zero-order chi connectivity index (χ0) is 24.1. The molecule has 3 aromatic rings. The van der Waals surface area contributed by atoms with Gasteiger partial charge in [-0.15, -0.1) is 0 Å². The van der Waals surface area contributed by atoms with E-state index in [9.17, 15) is 13.6 Å². The van der Waals surface area contributed by atoms with Crippen molar-refractivity contribution in [1.82, 2.24) is 4.90 Å². The Morgan fingerprint density at radius 3 is 2.47 bits per heavy atom. The van der Waals surface area contributed by atoms with Crippen molar-refractivity contribution in [2.45, 2.75) is 19.1 Å². The van der Waals surface area contributed by atoms with E-state index in [2.05, 4.69) is 5.16 Å². The van der Waals surface area contributed by atoms with Crippen LogP contribution in [0.25, 0.3) is 0 Å². The maximum Gasteiger partial charge on any atom is 0.258 e. The number of benzene rings is 3. The Balaban J connectivity index is 1.59. The van der Waals surface area contributed by atoms with Crippen LogP contribution < -0.4 is 9.47 Å². The summed E-state index contributed by atoms with van der Waals surface area (Å²) in [6, 6.07) is 17.4. The lowest BCUT2D eigenvalue weighted by Gasteiger charge is -2.26. The van der Waals surface area contributed by atoms with Gasteiger partial charge in [-0.05, 0) is 24.3 Å². The lowest BCUT2D eigenvalue weighted by Crippen LogP contribution is -2.37. The average molecular weight is 466 g/mol. The number of amides is 1. The van der Waals surface area contributed by atoms with E-state index in [4.69, 9.17) is 14.3 Å². The molecule has 1 aliphatic heterocycles. The van der Waals surface area contributed by atoms with Crippen LogP contribution in [-0.4, -0.2) is 43.4 Å². The standard InChI is InChI=1S/C26H24F2N2O4/c1-32-18-11-12-21(25(14-18)33-2)26(31)30(15-17-7-3-5-9-22(17)27)16-19-13-24(29-34-19)20-8-4-6-10-23(20)28/h3-12,14,19H,13,15-16H2,1-2H3. The van der Waals surface area contributed by atoms with Crippen LogP contribution in [0.3, 0.4) is 0 Å². The van der Waals surface area contributed by atoms with Gasteiger partial charge in [0.15, 0.2) is 6.10 Å². The second-order valence-electron chi connectivity index (χ2n) is 7.79. The third kappa shape index (κ3) is 5.01. The quantitative estimate of drug-likeness (QED) is 0.478. The number of oxime groups is 1. The minimum absolute atomic E-state index is 0.00951. The first-order valence-electron chi connectivity index (χ1n) is 10.7. The molecule has 1 amide bonds. The highest BCUT2D eigenvalue weighted by Gasteiger charge is 2.30. The molecule has 8 heteroatoms. The fraction of sp³-hybridized carbons (Fsp3) is 0.231. The van der Waals surface area contributed by atoms with E-state index >= 15 is 0 Å². The predicted molar refractivity (Wildman–Crippen MR) is 123 cm³/mol. The molecule has 1 unspecified atom stereocenters. The van der Waals surface area contributed by atoms with Gasteiger partial charge in [0.25, 0.3) is 5.91 Å². The summed E-state index contributed by atoms with van der Waals surface area (Å²) >= 11 is 0. The van der Waals surface area contributed by atoms with Crippen LogP contribution in [0, 0.1) is 11.6 Å². The Labute approximate surface area is 196 Å². The van der Waals surface area contributed by atoms with E-state index in [0.29, 0.717) is 40.3 Å². The Morgan fingerprint density at radius 2 is 1.76 bits per heavy atom. The fourth-order valence-electron chi connectivity index (χ4n) is 3.82. The molecule has 0 fully saturated rings. The number of halogens is 2. The monoisotopic (exact) mass is 466 g/mol. The third-order valence-corrected chi connectivity index (χ3v) is 5.59. The summed E-state index contributed by atoms with van der Waals surface area (Å²) < 4.78 is 39.2. The van der Waals surface area contributed by atoms with Crippen molar-refractivity contribution >= 4 is 11.6 Å². The van der Waals surface area contributed by atoms with Crippen LogP contribution in [0.4, 0.5) is 8.78 Å². The molecule has 0 bridgehead atoms. The molecule has 3 aromatic carbocycles. The van der Waals surface area contributed by atoms with Gasteiger partial charge in [-0.25, -0.2) is 8.78 Å². The second-order valence-corrected chi connectivity index (χ2v) is 7.79. The molecule has 0 saturated carbocycles. The molecule has 1 atom stereocenters. The van der Waals surface area contributed by atoms with Crippen molar-refractivity contribution in [3.05, 3.63) is 95.1 Å². The highest BCUT2D eigenvalue weighted by Crippen LogP contribution is 2.28. The maximum absolute atomic E-state index is 14.4. The molecule has 34 heavy (non-hydrogen) atoms. The minimum atomic E-state index is -0.519. The van der Waals surface area contributed by atoms with E-state index in [1.54, 1.807) is 54.6 Å². The molecule has 0 spiro atoms. The van der Waals surface area contributed by atoms with Crippen molar-refractivity contribution < 1.29 is 27.9 Å². The van der Waals surface area contributed by atoms with Crippen LogP contribution in [0.15, 0.2) is 71.9 Å². The van der Waals surface area contributed by atoms with Gasteiger partial charge in [-0.1, -0.05) is 41.6 Å². The molecular formula is C26H24F2N2O4. The lowest BCUT2D eigenvalue weighted by atomic mass is 10.0. The summed E-state index contributed by atoms with van der Waals surface area (Å²) in [7, 11) is 2.98. The smallest absolute Gasteiger partial charge is 0.258 e. The van der Waals surface area contributed by atoms with Crippen molar-refractivity contribution in [3.63, 3.8) is 0 Å². The summed E-state index contributed by atoms with van der Waals surface area (Å²) in [5.74, 6) is -0.314. The van der Waals surface area contributed by atoms with E-state index < -0.39 is 17.7 Å². The Hall–Kier alpha value is -3.94. The van der Waals surface area contributed by atoms with Gasteiger partial charge in [0.2, 0.25) is 0 Å².